The molecule has 6 atom stereocenters. The monoisotopic (exact) mass is 759 g/mol. The highest BCUT2D eigenvalue weighted by Gasteiger charge is 2.69. The number of nitrogens with zero attached hydrogens (tertiary/aromatic N) is 3. The Hall–Kier alpha value is -6.27. The maximum Gasteiger partial charge on any atom is 0.271 e. The number of hydrogen-bond acceptors (Lipinski definition) is 9. The van der Waals surface area contributed by atoms with E-state index >= 15 is 4.79 Å². The lowest BCUT2D eigenvalue weighted by Gasteiger charge is -2.49. The summed E-state index contributed by atoms with van der Waals surface area (Å²) in [6.07, 6.45) is 5.78. The number of allylic oxidation sites excluding steroid dienone is 3. The van der Waals surface area contributed by atoms with Crippen LogP contribution < -0.4 is 19.3 Å². The number of carbonyl (C=O) groups excluding carboxylic acids is 4. The first-order valence-corrected chi connectivity index (χ1v) is 18.0. The van der Waals surface area contributed by atoms with Gasteiger partial charge in [-0.05, 0) is 66.3 Å². The van der Waals surface area contributed by atoms with Crippen LogP contribution in [-0.2, 0) is 24.6 Å². The summed E-state index contributed by atoms with van der Waals surface area (Å²) in [6.45, 7) is 0. The van der Waals surface area contributed by atoms with Crippen molar-refractivity contribution in [1.82, 2.24) is 0 Å². The van der Waals surface area contributed by atoms with E-state index < -0.39 is 63.6 Å². The quantitative estimate of drug-likeness (QED) is 0.0875. The highest BCUT2D eigenvalue weighted by Crippen LogP contribution is 2.62. The van der Waals surface area contributed by atoms with Gasteiger partial charge in [-0.2, -0.15) is 0 Å². The van der Waals surface area contributed by atoms with Crippen LogP contribution in [0.2, 0.25) is 5.02 Å². The van der Waals surface area contributed by atoms with Crippen LogP contribution in [0.5, 0.6) is 17.2 Å². The molecule has 278 valence electrons. The van der Waals surface area contributed by atoms with Gasteiger partial charge in [0.05, 0.1) is 53.7 Å². The zero-order valence-corrected chi connectivity index (χ0v) is 30.4. The molecule has 3 fully saturated rings. The molecule has 12 nitrogen and oxygen atoms in total. The number of anilines is 2. The Kier molecular flexibility index (Phi) is 8.80. The van der Waals surface area contributed by atoms with Gasteiger partial charge in [0.25, 0.3) is 5.69 Å². The number of benzene rings is 4. The van der Waals surface area contributed by atoms with Crippen molar-refractivity contribution in [3.8, 4) is 17.2 Å². The number of hydrogen-bond donors (Lipinski definition) is 1. The lowest BCUT2D eigenvalue weighted by atomic mass is 9.50. The fraction of sp³-hybridized carbons (Fsp3) is 0.238. The number of fused-ring (bicyclic) bond motifs is 4. The van der Waals surface area contributed by atoms with Crippen LogP contribution in [0.3, 0.4) is 0 Å². The van der Waals surface area contributed by atoms with Crippen molar-refractivity contribution < 1.29 is 38.7 Å². The minimum absolute atomic E-state index is 0.0799. The molecule has 2 aliphatic heterocycles. The zero-order valence-electron chi connectivity index (χ0n) is 29.6. The van der Waals surface area contributed by atoms with Crippen LogP contribution in [0.25, 0.3) is 6.08 Å². The van der Waals surface area contributed by atoms with E-state index in [1.807, 2.05) is 42.5 Å². The number of imide groups is 2. The Balaban J connectivity index is 1.32. The minimum atomic E-state index is -1.48. The number of nitro benzene ring substituents is 1. The zero-order chi connectivity index (χ0) is 38.8. The Morgan fingerprint density at radius 3 is 2.16 bits per heavy atom. The van der Waals surface area contributed by atoms with Crippen molar-refractivity contribution in [3.63, 3.8) is 0 Å². The molecule has 2 aliphatic carbocycles. The summed E-state index contributed by atoms with van der Waals surface area (Å²) in [4.78, 5) is 72.0. The smallest absolute Gasteiger partial charge is 0.271 e. The average Bonchev–Trinajstić information content (AvgIpc) is 3.58. The molecule has 0 bridgehead atoms. The number of rotatable bonds is 8. The highest BCUT2D eigenvalue weighted by atomic mass is 35.5. The van der Waals surface area contributed by atoms with Crippen LogP contribution >= 0.6 is 11.6 Å². The van der Waals surface area contributed by atoms with Crippen LogP contribution in [0.15, 0.2) is 109 Å². The predicted octanol–water partition coefficient (Wildman–Crippen LogP) is 6.88. The molecular formula is C42H34ClN3O9. The number of phenols is 1. The third-order valence-electron chi connectivity index (χ3n) is 11.5. The molecule has 4 amide bonds. The molecule has 8 rings (SSSR count). The minimum Gasteiger partial charge on any atom is -0.502 e. The first-order chi connectivity index (χ1) is 26.5. The van der Waals surface area contributed by atoms with Gasteiger partial charge >= 0.3 is 0 Å². The number of phenolic OH excluding ortho intramolecular Hbond substituents is 1. The molecule has 4 aromatic rings. The molecule has 1 saturated carbocycles. The van der Waals surface area contributed by atoms with E-state index in [-0.39, 0.29) is 41.5 Å². The molecule has 0 spiro atoms. The fourth-order valence-electron chi connectivity index (χ4n) is 9.21. The normalized spacial score (nSPS) is 25.8. The second-order valence-electron chi connectivity index (χ2n) is 14.1. The maximum absolute atomic E-state index is 15.3. The van der Waals surface area contributed by atoms with Crippen LogP contribution in [0, 0.1) is 39.7 Å². The molecule has 55 heavy (non-hydrogen) atoms. The molecule has 4 aliphatic rings. The average molecular weight is 760 g/mol. The first kappa shape index (κ1) is 35.7. The van der Waals surface area contributed by atoms with Gasteiger partial charge in [0.2, 0.25) is 29.4 Å². The Bertz CT molecular complexity index is 2340. The number of aromatic hydroxyl groups is 1. The van der Waals surface area contributed by atoms with E-state index in [1.54, 1.807) is 42.5 Å². The molecule has 1 N–H and O–H groups in total. The van der Waals surface area contributed by atoms with E-state index in [4.69, 9.17) is 21.1 Å². The second kappa shape index (κ2) is 13.5. The van der Waals surface area contributed by atoms with Gasteiger partial charge in [0, 0.05) is 23.1 Å². The number of methoxy groups -OCH3 is 2. The summed E-state index contributed by atoms with van der Waals surface area (Å²) in [6, 6.07) is 24.3. The summed E-state index contributed by atoms with van der Waals surface area (Å²) in [5.41, 5.74) is 0.555. The summed E-state index contributed by atoms with van der Waals surface area (Å²) in [5, 5.41) is 22.6. The molecular weight excluding hydrogens is 726 g/mol. The van der Waals surface area contributed by atoms with E-state index in [2.05, 4.69) is 0 Å². The van der Waals surface area contributed by atoms with Gasteiger partial charge in [-0.3, -0.25) is 29.3 Å². The number of ether oxygens (including phenoxy) is 2. The van der Waals surface area contributed by atoms with Gasteiger partial charge in [0.1, 0.15) is 0 Å². The largest absolute Gasteiger partial charge is 0.502 e. The summed E-state index contributed by atoms with van der Waals surface area (Å²) in [5.74, 6) is -5.88. The molecule has 2 heterocycles. The predicted molar refractivity (Wildman–Crippen MR) is 203 cm³/mol. The first-order valence-electron chi connectivity index (χ1n) is 17.7. The third kappa shape index (κ3) is 5.42. The summed E-state index contributed by atoms with van der Waals surface area (Å²) in [7, 11) is 2.83. The second-order valence-corrected chi connectivity index (χ2v) is 14.5. The number of non-ortho nitro benzene ring substituents is 1. The lowest BCUT2D eigenvalue weighted by molar-refractivity contribution is -0.384. The SMILES string of the molecule is COc1cc(C=CC2C3=CCC4C(=O)N(c5cccc([N+](=O)[O-])c5)C(=O)C4C3CC3C(=O)N(c4cccc(Cl)c4)C(=O)C23c2ccccc2)cc(OC)c1O. The summed E-state index contributed by atoms with van der Waals surface area (Å²) >= 11 is 6.39. The van der Waals surface area contributed by atoms with Crippen molar-refractivity contribution in [2.24, 2.45) is 29.6 Å². The molecule has 2 saturated heterocycles. The van der Waals surface area contributed by atoms with Crippen molar-refractivity contribution in [1.29, 1.82) is 0 Å². The van der Waals surface area contributed by atoms with Crippen LogP contribution in [0.1, 0.15) is 24.0 Å². The number of halogens is 1. The fourth-order valence-corrected chi connectivity index (χ4v) is 9.39. The Morgan fingerprint density at radius 1 is 0.836 bits per heavy atom. The number of nitro groups is 1. The molecule has 13 heteroatoms. The van der Waals surface area contributed by atoms with Crippen LogP contribution in [-0.4, -0.2) is 47.9 Å². The Morgan fingerprint density at radius 2 is 1.51 bits per heavy atom. The van der Waals surface area contributed by atoms with Crippen molar-refractivity contribution >= 4 is 58.4 Å². The van der Waals surface area contributed by atoms with Gasteiger partial charge in [-0.1, -0.05) is 77.9 Å². The van der Waals surface area contributed by atoms with Crippen molar-refractivity contribution in [3.05, 3.63) is 135 Å². The summed E-state index contributed by atoms with van der Waals surface area (Å²) < 4.78 is 10.8. The topological polar surface area (TPSA) is 157 Å². The highest BCUT2D eigenvalue weighted by molar-refractivity contribution is 6.32. The van der Waals surface area contributed by atoms with Gasteiger partial charge in [0.15, 0.2) is 11.5 Å². The maximum atomic E-state index is 15.3. The third-order valence-corrected chi connectivity index (χ3v) is 11.7. The molecule has 0 aromatic heterocycles. The molecule has 0 radical (unpaired) electrons. The van der Waals surface area contributed by atoms with E-state index in [1.165, 1.54) is 43.4 Å². The van der Waals surface area contributed by atoms with Crippen LogP contribution in [0.4, 0.5) is 17.1 Å². The lowest BCUT2D eigenvalue weighted by Crippen LogP contribution is -2.54. The molecule has 6 unspecified atom stereocenters. The number of carbonyl (C=O) groups is 4. The number of amides is 4. The van der Waals surface area contributed by atoms with Gasteiger partial charge in [-0.25, -0.2) is 9.80 Å². The van der Waals surface area contributed by atoms with E-state index in [0.717, 1.165) is 10.5 Å². The van der Waals surface area contributed by atoms with Gasteiger partial charge in [-0.15, -0.1) is 0 Å². The molecule has 4 aromatic carbocycles. The van der Waals surface area contributed by atoms with Gasteiger partial charge < -0.3 is 14.6 Å². The van der Waals surface area contributed by atoms with Crippen molar-refractivity contribution in [2.45, 2.75) is 18.3 Å². The van der Waals surface area contributed by atoms with E-state index in [0.29, 0.717) is 21.8 Å². The Labute approximate surface area is 320 Å². The van der Waals surface area contributed by atoms with Crippen molar-refractivity contribution in [2.75, 3.05) is 24.0 Å². The van der Waals surface area contributed by atoms with E-state index in [9.17, 15) is 29.6 Å². The standard InChI is InChI=1S/C42H34ClN3O9/c1-54-34-18-23(19-35(55-2)37(34)47)14-17-32-29-15-16-30-36(40(50)44(38(30)48)27-12-7-13-28(21-27)46(52)53)31(29)22-33-39(49)45(26-11-6-10-25(43)20-26)41(51)42(32,33)24-8-4-3-5-9-24/h3-15,17-21,30-33,36,47H,16,22H2,1-2H3.